The van der Waals surface area contributed by atoms with E-state index >= 15 is 0 Å². The SMILES string of the molecule is Cc1nc(C)c(CCC2CCN(C(=O)C(C)CC(=O)c3cccn3C)CC2)c(N)n1. The smallest absolute Gasteiger partial charge is 0.225 e. The minimum atomic E-state index is -0.295. The van der Waals surface area contributed by atoms with E-state index < -0.39 is 0 Å². The highest BCUT2D eigenvalue weighted by atomic mass is 16.2. The first-order valence-electron chi connectivity index (χ1n) is 10.8. The number of nitrogens with two attached hydrogens (primary N) is 1. The minimum Gasteiger partial charge on any atom is -0.383 e. The number of likely N-dealkylation sites (tertiary alicyclic amines) is 1. The molecule has 0 aromatic carbocycles. The Labute approximate surface area is 178 Å². The number of amides is 1. The third-order valence-electron chi connectivity index (χ3n) is 6.23. The van der Waals surface area contributed by atoms with Crippen LogP contribution < -0.4 is 5.73 Å². The summed E-state index contributed by atoms with van der Waals surface area (Å²) < 4.78 is 1.80. The number of anilines is 1. The molecule has 1 aliphatic heterocycles. The summed E-state index contributed by atoms with van der Waals surface area (Å²) in [5.74, 6) is 1.67. The summed E-state index contributed by atoms with van der Waals surface area (Å²) in [4.78, 5) is 35.9. The molecule has 2 aromatic heterocycles. The molecule has 0 radical (unpaired) electrons. The molecule has 162 valence electrons. The molecule has 7 heteroatoms. The van der Waals surface area contributed by atoms with Crippen LogP contribution in [0.25, 0.3) is 0 Å². The van der Waals surface area contributed by atoms with Crippen molar-refractivity contribution in [1.82, 2.24) is 19.4 Å². The van der Waals surface area contributed by atoms with Crippen LogP contribution in [0.5, 0.6) is 0 Å². The first-order valence-corrected chi connectivity index (χ1v) is 10.8. The molecule has 30 heavy (non-hydrogen) atoms. The lowest BCUT2D eigenvalue weighted by molar-refractivity contribution is -0.136. The normalized spacial score (nSPS) is 15.9. The second-order valence-corrected chi connectivity index (χ2v) is 8.56. The van der Waals surface area contributed by atoms with Crippen molar-refractivity contribution in [1.29, 1.82) is 0 Å². The molecule has 1 atom stereocenters. The lowest BCUT2D eigenvalue weighted by Gasteiger charge is -2.33. The number of aromatic nitrogens is 3. The Kier molecular flexibility index (Phi) is 6.90. The summed E-state index contributed by atoms with van der Waals surface area (Å²) >= 11 is 0. The Balaban J connectivity index is 1.47. The largest absolute Gasteiger partial charge is 0.383 e. The van der Waals surface area contributed by atoms with E-state index in [0.717, 1.165) is 50.0 Å². The van der Waals surface area contributed by atoms with Crippen molar-refractivity contribution >= 4 is 17.5 Å². The third-order valence-corrected chi connectivity index (χ3v) is 6.23. The maximum atomic E-state index is 12.8. The maximum Gasteiger partial charge on any atom is 0.225 e. The van der Waals surface area contributed by atoms with Gasteiger partial charge in [-0.2, -0.15) is 0 Å². The molecule has 0 saturated carbocycles. The number of piperidine rings is 1. The predicted octanol–water partition coefficient (Wildman–Crippen LogP) is 3.09. The van der Waals surface area contributed by atoms with Crippen molar-refractivity contribution in [3.8, 4) is 0 Å². The summed E-state index contributed by atoms with van der Waals surface area (Å²) in [7, 11) is 1.85. The highest BCUT2D eigenvalue weighted by Crippen LogP contribution is 2.26. The highest BCUT2D eigenvalue weighted by Gasteiger charge is 2.28. The zero-order valence-electron chi connectivity index (χ0n) is 18.5. The first-order chi connectivity index (χ1) is 14.3. The maximum absolute atomic E-state index is 12.8. The first kappa shape index (κ1) is 22.0. The molecule has 0 aliphatic carbocycles. The fourth-order valence-electron chi connectivity index (χ4n) is 4.39. The van der Waals surface area contributed by atoms with E-state index in [4.69, 9.17) is 5.73 Å². The fraction of sp³-hybridized carbons (Fsp3) is 0.565. The molecule has 1 saturated heterocycles. The number of rotatable bonds is 7. The Bertz CT molecular complexity index is 889. The molecule has 1 unspecified atom stereocenters. The van der Waals surface area contributed by atoms with Gasteiger partial charge in [0, 0.05) is 49.9 Å². The summed E-state index contributed by atoms with van der Waals surface area (Å²) in [5, 5.41) is 0. The lowest BCUT2D eigenvalue weighted by Crippen LogP contribution is -2.41. The quantitative estimate of drug-likeness (QED) is 0.707. The Morgan fingerprint density at radius 1 is 1.23 bits per heavy atom. The zero-order chi connectivity index (χ0) is 21.8. The van der Waals surface area contributed by atoms with Crippen LogP contribution in [0.4, 0.5) is 5.82 Å². The average Bonchev–Trinajstić information content (AvgIpc) is 3.13. The van der Waals surface area contributed by atoms with Gasteiger partial charge in [-0.15, -0.1) is 0 Å². The van der Waals surface area contributed by atoms with E-state index in [2.05, 4.69) is 9.97 Å². The minimum absolute atomic E-state index is 0.0199. The van der Waals surface area contributed by atoms with Gasteiger partial charge in [0.05, 0.1) is 5.69 Å². The molecule has 1 amide bonds. The molecule has 2 N–H and O–H groups in total. The van der Waals surface area contributed by atoms with Crippen molar-refractivity contribution in [3.63, 3.8) is 0 Å². The fourth-order valence-corrected chi connectivity index (χ4v) is 4.39. The van der Waals surface area contributed by atoms with Gasteiger partial charge in [0.2, 0.25) is 5.91 Å². The third kappa shape index (κ3) is 5.07. The van der Waals surface area contributed by atoms with Crippen molar-refractivity contribution in [2.24, 2.45) is 18.9 Å². The molecule has 0 bridgehead atoms. The van der Waals surface area contributed by atoms with E-state index in [-0.39, 0.29) is 24.0 Å². The van der Waals surface area contributed by atoms with Gasteiger partial charge in [-0.05, 0) is 57.6 Å². The molecule has 7 nitrogen and oxygen atoms in total. The van der Waals surface area contributed by atoms with Gasteiger partial charge in [0.15, 0.2) is 5.78 Å². The highest BCUT2D eigenvalue weighted by molar-refractivity contribution is 5.97. The van der Waals surface area contributed by atoms with E-state index in [1.807, 2.05) is 45.0 Å². The summed E-state index contributed by atoms with van der Waals surface area (Å²) in [5.41, 5.74) is 8.75. The van der Waals surface area contributed by atoms with Crippen LogP contribution in [0.2, 0.25) is 0 Å². The Morgan fingerprint density at radius 2 is 1.93 bits per heavy atom. The molecule has 0 spiro atoms. The Morgan fingerprint density at radius 3 is 2.53 bits per heavy atom. The van der Waals surface area contributed by atoms with Crippen LogP contribution >= 0.6 is 0 Å². The van der Waals surface area contributed by atoms with Gasteiger partial charge in [-0.3, -0.25) is 9.59 Å². The van der Waals surface area contributed by atoms with Crippen LogP contribution in [0.15, 0.2) is 18.3 Å². The van der Waals surface area contributed by atoms with E-state index in [1.165, 1.54) is 0 Å². The second-order valence-electron chi connectivity index (χ2n) is 8.56. The molecule has 3 rings (SSSR count). The molecule has 1 aliphatic rings. The van der Waals surface area contributed by atoms with Crippen LogP contribution in [-0.4, -0.2) is 44.2 Å². The number of nitrogens with zero attached hydrogens (tertiary/aromatic N) is 4. The van der Waals surface area contributed by atoms with Crippen molar-refractivity contribution in [2.75, 3.05) is 18.8 Å². The second kappa shape index (κ2) is 9.41. The van der Waals surface area contributed by atoms with Gasteiger partial charge >= 0.3 is 0 Å². The molecular weight excluding hydrogens is 378 g/mol. The predicted molar refractivity (Wildman–Crippen MR) is 117 cm³/mol. The number of aryl methyl sites for hydroxylation is 3. The standard InChI is InChI=1S/C23H33N5O2/c1-15(14-21(29)20-6-5-11-27(20)4)23(30)28-12-9-18(10-13-28)7-8-19-16(2)25-17(3)26-22(19)24/h5-6,11,15,18H,7-10,12-14H2,1-4H3,(H2,24,25,26). The Hall–Kier alpha value is -2.70. The van der Waals surface area contributed by atoms with Crippen LogP contribution in [0, 0.1) is 25.7 Å². The van der Waals surface area contributed by atoms with Crippen LogP contribution in [0.3, 0.4) is 0 Å². The van der Waals surface area contributed by atoms with E-state index in [0.29, 0.717) is 23.3 Å². The van der Waals surface area contributed by atoms with Crippen molar-refractivity contribution in [3.05, 3.63) is 41.1 Å². The number of hydrogen-bond donors (Lipinski definition) is 1. The zero-order valence-corrected chi connectivity index (χ0v) is 18.5. The van der Waals surface area contributed by atoms with Crippen molar-refractivity contribution in [2.45, 2.75) is 52.9 Å². The number of Topliss-reactive ketones (excluding diaryl/α,β-unsaturated/α-hetero) is 1. The summed E-state index contributed by atoms with van der Waals surface area (Å²) in [6, 6.07) is 3.65. The molecule has 1 fully saturated rings. The number of carbonyl (C=O) groups excluding carboxylic acids is 2. The van der Waals surface area contributed by atoms with Gasteiger partial charge in [-0.1, -0.05) is 6.92 Å². The van der Waals surface area contributed by atoms with Gasteiger partial charge in [0.25, 0.3) is 0 Å². The van der Waals surface area contributed by atoms with Crippen LogP contribution in [0.1, 0.15) is 60.2 Å². The molecule has 2 aromatic rings. The van der Waals surface area contributed by atoms with Gasteiger partial charge < -0.3 is 15.2 Å². The molecular formula is C23H33N5O2. The van der Waals surface area contributed by atoms with E-state index in [1.54, 1.807) is 10.6 Å². The van der Waals surface area contributed by atoms with Gasteiger partial charge in [-0.25, -0.2) is 9.97 Å². The number of ketones is 1. The number of carbonyl (C=O) groups is 2. The average molecular weight is 412 g/mol. The monoisotopic (exact) mass is 411 g/mol. The topological polar surface area (TPSA) is 94.1 Å². The van der Waals surface area contributed by atoms with Gasteiger partial charge in [0.1, 0.15) is 11.6 Å². The number of nitrogen functional groups attached to an aromatic ring is 1. The van der Waals surface area contributed by atoms with Crippen LogP contribution in [-0.2, 0) is 18.3 Å². The van der Waals surface area contributed by atoms with Crippen molar-refractivity contribution < 1.29 is 9.59 Å². The summed E-state index contributed by atoms with van der Waals surface area (Å²) in [6.07, 6.45) is 5.97. The lowest BCUT2D eigenvalue weighted by atomic mass is 9.89. The van der Waals surface area contributed by atoms with E-state index in [9.17, 15) is 9.59 Å². The number of hydrogen-bond acceptors (Lipinski definition) is 5. The molecule has 3 heterocycles. The summed E-state index contributed by atoms with van der Waals surface area (Å²) in [6.45, 7) is 7.21.